The molecular formula is C23H20INO5. The van der Waals surface area contributed by atoms with E-state index in [-0.39, 0.29) is 11.3 Å². The molecule has 30 heavy (non-hydrogen) atoms. The molecule has 1 N–H and O–H groups in total. The SMILES string of the molecule is COCCCN1C(=O)C(O)=C(C(=O)c2cc3ccccc3o2)C1c1ccc(I)cc1. The van der Waals surface area contributed by atoms with Gasteiger partial charge >= 0.3 is 0 Å². The molecule has 0 fully saturated rings. The van der Waals surface area contributed by atoms with Gasteiger partial charge in [-0.15, -0.1) is 0 Å². The first-order chi connectivity index (χ1) is 14.5. The topological polar surface area (TPSA) is 80.0 Å². The maximum absolute atomic E-state index is 13.4. The number of methoxy groups -OCH3 is 1. The number of fused-ring (bicyclic) bond motifs is 1. The summed E-state index contributed by atoms with van der Waals surface area (Å²) in [7, 11) is 1.59. The first-order valence-electron chi connectivity index (χ1n) is 9.53. The molecule has 0 spiro atoms. The molecular weight excluding hydrogens is 497 g/mol. The van der Waals surface area contributed by atoms with Crippen molar-refractivity contribution in [1.82, 2.24) is 4.90 Å². The highest BCUT2D eigenvalue weighted by atomic mass is 127. The van der Waals surface area contributed by atoms with E-state index in [1.54, 1.807) is 19.2 Å². The predicted molar refractivity (Wildman–Crippen MR) is 120 cm³/mol. The smallest absolute Gasteiger partial charge is 0.290 e. The molecule has 0 saturated heterocycles. The molecule has 0 bridgehead atoms. The van der Waals surface area contributed by atoms with E-state index in [9.17, 15) is 14.7 Å². The van der Waals surface area contributed by atoms with Crippen LogP contribution in [-0.4, -0.2) is 42.0 Å². The highest BCUT2D eigenvalue weighted by Crippen LogP contribution is 2.39. The molecule has 0 saturated carbocycles. The Morgan fingerprint density at radius 2 is 1.93 bits per heavy atom. The van der Waals surface area contributed by atoms with Gasteiger partial charge in [-0.1, -0.05) is 30.3 Å². The van der Waals surface area contributed by atoms with Gasteiger partial charge in [0.15, 0.2) is 11.5 Å². The van der Waals surface area contributed by atoms with Crippen molar-refractivity contribution >= 4 is 45.3 Å². The van der Waals surface area contributed by atoms with Crippen LogP contribution in [0.25, 0.3) is 11.0 Å². The number of halogens is 1. The Hall–Kier alpha value is -2.65. The van der Waals surface area contributed by atoms with Gasteiger partial charge in [-0.3, -0.25) is 9.59 Å². The van der Waals surface area contributed by atoms with E-state index >= 15 is 0 Å². The summed E-state index contributed by atoms with van der Waals surface area (Å²) in [5.41, 5.74) is 1.37. The Labute approximate surface area is 187 Å². The van der Waals surface area contributed by atoms with Crippen LogP contribution in [0.2, 0.25) is 0 Å². The Balaban J connectivity index is 1.76. The molecule has 7 heteroatoms. The predicted octanol–water partition coefficient (Wildman–Crippen LogP) is 4.65. The molecule has 2 heterocycles. The second-order valence-electron chi connectivity index (χ2n) is 7.04. The Morgan fingerprint density at radius 1 is 1.20 bits per heavy atom. The lowest BCUT2D eigenvalue weighted by atomic mass is 9.95. The van der Waals surface area contributed by atoms with Gasteiger partial charge in [-0.2, -0.15) is 0 Å². The van der Waals surface area contributed by atoms with Crippen LogP contribution < -0.4 is 0 Å². The van der Waals surface area contributed by atoms with E-state index in [1.807, 2.05) is 42.5 Å². The van der Waals surface area contributed by atoms with Crippen molar-refractivity contribution < 1.29 is 23.8 Å². The van der Waals surface area contributed by atoms with Crippen LogP contribution in [0.15, 0.2) is 70.3 Å². The van der Waals surface area contributed by atoms with E-state index in [1.165, 1.54) is 4.90 Å². The highest BCUT2D eigenvalue weighted by molar-refractivity contribution is 14.1. The monoisotopic (exact) mass is 517 g/mol. The van der Waals surface area contributed by atoms with Gasteiger partial charge in [-0.25, -0.2) is 0 Å². The minimum atomic E-state index is -0.688. The third kappa shape index (κ3) is 3.75. The number of Topliss-reactive ketones (excluding diaryl/α,β-unsaturated/α-hetero) is 1. The summed E-state index contributed by atoms with van der Waals surface area (Å²) in [5.74, 6) is -1.48. The zero-order valence-corrected chi connectivity index (χ0v) is 18.5. The first kappa shape index (κ1) is 20.6. The summed E-state index contributed by atoms with van der Waals surface area (Å²) < 4.78 is 11.9. The lowest BCUT2D eigenvalue weighted by Crippen LogP contribution is -2.32. The second kappa shape index (κ2) is 8.61. The summed E-state index contributed by atoms with van der Waals surface area (Å²) in [5, 5.41) is 11.5. The van der Waals surface area contributed by atoms with Gasteiger partial charge in [0.2, 0.25) is 5.78 Å². The van der Waals surface area contributed by atoms with Crippen molar-refractivity contribution in [1.29, 1.82) is 0 Å². The van der Waals surface area contributed by atoms with Crippen LogP contribution in [0.3, 0.4) is 0 Å². The molecule has 1 unspecified atom stereocenters. The van der Waals surface area contributed by atoms with Gasteiger partial charge in [0.25, 0.3) is 5.91 Å². The molecule has 1 aromatic heterocycles. The standard InChI is InChI=1S/C23H20INO5/c1-29-12-4-11-25-20(14-7-9-16(24)10-8-14)19(22(27)23(25)28)21(26)18-13-15-5-2-3-6-17(15)30-18/h2-3,5-10,13,20,27H,4,11-12H2,1H3. The quantitative estimate of drug-likeness (QED) is 0.281. The van der Waals surface area contributed by atoms with Crippen molar-refractivity contribution in [3.8, 4) is 0 Å². The molecule has 154 valence electrons. The summed E-state index contributed by atoms with van der Waals surface area (Å²) >= 11 is 2.20. The van der Waals surface area contributed by atoms with Crippen molar-refractivity contribution in [3.63, 3.8) is 0 Å². The number of para-hydroxylation sites is 1. The molecule has 1 amide bonds. The number of rotatable bonds is 7. The van der Waals surface area contributed by atoms with Crippen LogP contribution in [-0.2, 0) is 9.53 Å². The average Bonchev–Trinajstić information content (AvgIpc) is 3.29. The Bertz CT molecular complexity index is 1100. The maximum atomic E-state index is 13.4. The molecule has 4 rings (SSSR count). The summed E-state index contributed by atoms with van der Waals surface area (Å²) in [6.07, 6.45) is 0.586. The normalized spacial score (nSPS) is 16.7. The van der Waals surface area contributed by atoms with E-state index < -0.39 is 23.5 Å². The number of ketones is 1. The number of aliphatic hydroxyl groups is 1. The van der Waals surface area contributed by atoms with Crippen LogP contribution >= 0.6 is 22.6 Å². The third-order valence-electron chi connectivity index (χ3n) is 5.13. The van der Waals surface area contributed by atoms with Crippen molar-refractivity contribution in [2.75, 3.05) is 20.3 Å². The zero-order chi connectivity index (χ0) is 21.3. The van der Waals surface area contributed by atoms with E-state index in [2.05, 4.69) is 22.6 Å². The Morgan fingerprint density at radius 3 is 2.63 bits per heavy atom. The Kier molecular flexibility index (Phi) is 5.92. The minimum absolute atomic E-state index is 0.0395. The summed E-state index contributed by atoms with van der Waals surface area (Å²) in [6, 6.07) is 15.8. The largest absolute Gasteiger partial charge is 0.503 e. The lowest BCUT2D eigenvalue weighted by Gasteiger charge is -2.26. The number of furan rings is 1. The minimum Gasteiger partial charge on any atom is -0.503 e. The average molecular weight is 517 g/mol. The van der Waals surface area contributed by atoms with Gasteiger partial charge in [0, 0.05) is 29.2 Å². The molecule has 6 nitrogen and oxygen atoms in total. The summed E-state index contributed by atoms with van der Waals surface area (Å²) in [6.45, 7) is 0.821. The number of hydrogen-bond acceptors (Lipinski definition) is 5. The fourth-order valence-corrected chi connectivity index (χ4v) is 4.07. The number of aliphatic hydroxyl groups excluding tert-OH is 1. The third-order valence-corrected chi connectivity index (χ3v) is 5.85. The molecule has 3 aromatic rings. The number of hydrogen-bond donors (Lipinski definition) is 1. The van der Waals surface area contributed by atoms with Gasteiger partial charge < -0.3 is 19.2 Å². The molecule has 1 atom stereocenters. The number of nitrogens with zero attached hydrogens (tertiary/aromatic N) is 1. The highest BCUT2D eigenvalue weighted by Gasteiger charge is 2.44. The van der Waals surface area contributed by atoms with Gasteiger partial charge in [-0.05, 0) is 58.8 Å². The van der Waals surface area contributed by atoms with Gasteiger partial charge in [0.05, 0.1) is 11.6 Å². The van der Waals surface area contributed by atoms with Crippen LogP contribution in [0.4, 0.5) is 0 Å². The van der Waals surface area contributed by atoms with Crippen LogP contribution in [0, 0.1) is 3.57 Å². The number of benzene rings is 2. The lowest BCUT2D eigenvalue weighted by molar-refractivity contribution is -0.129. The number of amides is 1. The fourth-order valence-electron chi connectivity index (χ4n) is 3.71. The molecule has 0 radical (unpaired) electrons. The molecule has 2 aromatic carbocycles. The van der Waals surface area contributed by atoms with Crippen molar-refractivity contribution in [3.05, 3.63) is 80.8 Å². The summed E-state index contributed by atoms with van der Waals surface area (Å²) in [4.78, 5) is 27.8. The van der Waals surface area contributed by atoms with Crippen molar-refractivity contribution in [2.24, 2.45) is 0 Å². The van der Waals surface area contributed by atoms with E-state index in [4.69, 9.17) is 9.15 Å². The molecule has 1 aliphatic rings. The van der Waals surface area contributed by atoms with Crippen LogP contribution in [0.5, 0.6) is 0 Å². The second-order valence-corrected chi connectivity index (χ2v) is 8.28. The zero-order valence-electron chi connectivity index (χ0n) is 16.3. The van der Waals surface area contributed by atoms with E-state index in [0.717, 1.165) is 14.5 Å². The fraction of sp³-hybridized carbons (Fsp3) is 0.217. The number of carbonyl (C=O) groups is 2. The molecule has 1 aliphatic heterocycles. The van der Waals surface area contributed by atoms with E-state index in [0.29, 0.717) is 25.2 Å². The van der Waals surface area contributed by atoms with Crippen LogP contribution in [0.1, 0.15) is 28.6 Å². The van der Waals surface area contributed by atoms with Crippen molar-refractivity contribution in [2.45, 2.75) is 12.5 Å². The molecule has 0 aliphatic carbocycles. The number of ether oxygens (including phenoxy) is 1. The maximum Gasteiger partial charge on any atom is 0.290 e. The first-order valence-corrected chi connectivity index (χ1v) is 10.6. The number of carbonyl (C=O) groups excluding carboxylic acids is 2. The van der Waals surface area contributed by atoms with Gasteiger partial charge in [0.1, 0.15) is 5.58 Å².